The number of aliphatic hydroxyl groups is 1. The molecule has 1 amide bonds. The number of quaternary nitrogens is 1. The zero-order chi connectivity index (χ0) is 22.3. The lowest BCUT2D eigenvalue weighted by Gasteiger charge is -2.44. The third-order valence-electron chi connectivity index (χ3n) is 5.45. The molecule has 2 unspecified atom stereocenters. The van der Waals surface area contributed by atoms with Gasteiger partial charge in [0.25, 0.3) is 0 Å². The predicted molar refractivity (Wildman–Crippen MR) is 111 cm³/mol. The van der Waals surface area contributed by atoms with Gasteiger partial charge >= 0.3 is 11.9 Å². The fraction of sp³-hybridized carbons (Fsp3) is 0.857. The molecule has 0 saturated carbocycles. The fourth-order valence-electron chi connectivity index (χ4n) is 3.75. The average molecular weight is 418 g/mol. The minimum Gasteiger partial charge on any atom is -0.477 e. The summed E-state index contributed by atoms with van der Waals surface area (Å²) < 4.78 is -0.634. The van der Waals surface area contributed by atoms with E-state index < -0.39 is 41.9 Å². The molecule has 0 fully saturated rings. The van der Waals surface area contributed by atoms with E-state index in [0.29, 0.717) is 12.8 Å². The van der Waals surface area contributed by atoms with E-state index >= 15 is 0 Å². The number of hydrogen-bond acceptors (Lipinski definition) is 4. The van der Waals surface area contributed by atoms with Crippen molar-refractivity contribution in [1.29, 1.82) is 0 Å². The SMILES string of the molecule is CCCCCCCCCCCC(=O)NC(CC)[N+](CC(=O)O)(CC(=O)O)C(C)O. The molecule has 29 heavy (non-hydrogen) atoms. The number of unbranched alkanes of at least 4 members (excludes halogenated alkanes) is 8. The van der Waals surface area contributed by atoms with E-state index in [4.69, 9.17) is 0 Å². The number of rotatable bonds is 18. The van der Waals surface area contributed by atoms with Crippen LogP contribution in [0.25, 0.3) is 0 Å². The molecule has 0 spiro atoms. The van der Waals surface area contributed by atoms with E-state index in [9.17, 15) is 29.7 Å². The molecule has 0 aromatic rings. The van der Waals surface area contributed by atoms with Crippen LogP contribution in [0.3, 0.4) is 0 Å². The van der Waals surface area contributed by atoms with Crippen LogP contribution in [0, 0.1) is 0 Å². The topological polar surface area (TPSA) is 124 Å². The maximum Gasteiger partial charge on any atom is 0.359 e. The van der Waals surface area contributed by atoms with E-state index in [-0.39, 0.29) is 5.91 Å². The van der Waals surface area contributed by atoms with Gasteiger partial charge in [0.05, 0.1) is 0 Å². The van der Waals surface area contributed by atoms with Gasteiger partial charge in [0.1, 0.15) is 0 Å². The summed E-state index contributed by atoms with van der Waals surface area (Å²) in [5.41, 5.74) is 0. The standard InChI is InChI=1S/C21H40N2O6/c1-4-6-7-8-9-10-11-12-13-14-19(25)22-18(5-2)23(17(3)24,15-20(26)27)16-21(28)29/h17-18,24H,4-16H2,1-3H3,(H2-,22,25,26,27,28,29)/p+1. The molecule has 0 rings (SSSR count). The largest absolute Gasteiger partial charge is 0.477 e. The lowest BCUT2D eigenvalue weighted by molar-refractivity contribution is -0.980. The van der Waals surface area contributed by atoms with Gasteiger partial charge in [-0.05, 0) is 6.42 Å². The molecule has 2 atom stereocenters. The van der Waals surface area contributed by atoms with Gasteiger partial charge in [-0.15, -0.1) is 0 Å². The molecule has 8 nitrogen and oxygen atoms in total. The number of nitrogens with zero attached hydrogens (tertiary/aromatic N) is 1. The Hall–Kier alpha value is -1.67. The fourth-order valence-corrected chi connectivity index (χ4v) is 3.75. The van der Waals surface area contributed by atoms with Crippen molar-refractivity contribution in [3.05, 3.63) is 0 Å². The van der Waals surface area contributed by atoms with Gasteiger partial charge in [-0.3, -0.25) is 9.28 Å². The van der Waals surface area contributed by atoms with Gasteiger partial charge < -0.3 is 20.6 Å². The number of carbonyl (C=O) groups is 3. The van der Waals surface area contributed by atoms with Gasteiger partial charge in [-0.1, -0.05) is 65.2 Å². The van der Waals surface area contributed by atoms with Crippen molar-refractivity contribution in [2.45, 2.75) is 104 Å². The van der Waals surface area contributed by atoms with Crippen molar-refractivity contribution >= 4 is 17.8 Å². The summed E-state index contributed by atoms with van der Waals surface area (Å²) in [6, 6.07) is 0. The third kappa shape index (κ3) is 11.2. The summed E-state index contributed by atoms with van der Waals surface area (Å²) in [7, 11) is 0. The Bertz CT molecular complexity index is 480. The van der Waals surface area contributed by atoms with Crippen molar-refractivity contribution in [3.63, 3.8) is 0 Å². The van der Waals surface area contributed by atoms with E-state index in [2.05, 4.69) is 12.2 Å². The maximum atomic E-state index is 12.4. The lowest BCUT2D eigenvalue weighted by Crippen LogP contribution is -2.69. The molecular weight excluding hydrogens is 376 g/mol. The van der Waals surface area contributed by atoms with Crippen LogP contribution in [0.15, 0.2) is 0 Å². The molecule has 0 aromatic heterocycles. The van der Waals surface area contributed by atoms with Crippen molar-refractivity contribution in [3.8, 4) is 0 Å². The highest BCUT2D eigenvalue weighted by Crippen LogP contribution is 2.20. The van der Waals surface area contributed by atoms with E-state index in [0.717, 1.165) is 19.3 Å². The third-order valence-corrected chi connectivity index (χ3v) is 5.45. The molecule has 8 heteroatoms. The Kier molecular flexibility index (Phi) is 14.3. The highest BCUT2D eigenvalue weighted by Gasteiger charge is 2.45. The maximum absolute atomic E-state index is 12.4. The molecule has 0 aliphatic rings. The molecule has 0 aliphatic carbocycles. The van der Waals surface area contributed by atoms with Gasteiger partial charge in [-0.2, -0.15) is 0 Å². The second-order valence-corrected chi connectivity index (χ2v) is 7.91. The molecule has 0 heterocycles. The summed E-state index contributed by atoms with van der Waals surface area (Å²) >= 11 is 0. The molecule has 0 bridgehead atoms. The number of amides is 1. The Morgan fingerprint density at radius 2 is 1.28 bits per heavy atom. The Labute approximate surface area is 174 Å². The molecule has 4 N–H and O–H groups in total. The Morgan fingerprint density at radius 1 is 0.828 bits per heavy atom. The Balaban J connectivity index is 4.61. The first kappa shape index (κ1) is 27.3. The summed E-state index contributed by atoms with van der Waals surface area (Å²) in [5.74, 6) is -2.68. The minimum atomic E-state index is -1.25. The van der Waals surface area contributed by atoms with Gasteiger partial charge in [-0.25, -0.2) is 9.59 Å². The second-order valence-electron chi connectivity index (χ2n) is 7.91. The lowest BCUT2D eigenvalue weighted by atomic mass is 10.1. The van der Waals surface area contributed by atoms with E-state index in [1.165, 1.54) is 45.4 Å². The molecule has 170 valence electrons. The number of hydrogen-bond donors (Lipinski definition) is 4. The number of nitrogens with one attached hydrogen (secondary N) is 1. The van der Waals surface area contributed by atoms with Crippen molar-refractivity contribution in [2.75, 3.05) is 13.1 Å². The summed E-state index contributed by atoms with van der Waals surface area (Å²) in [4.78, 5) is 35.0. The zero-order valence-corrected chi connectivity index (χ0v) is 18.4. The molecule has 0 radical (unpaired) electrons. The summed E-state index contributed by atoms with van der Waals surface area (Å²) in [6.45, 7) is 4.13. The summed E-state index contributed by atoms with van der Waals surface area (Å²) in [6.07, 6.45) is 8.84. The minimum absolute atomic E-state index is 0.237. The average Bonchev–Trinajstić information content (AvgIpc) is 2.63. The Morgan fingerprint density at radius 3 is 1.66 bits per heavy atom. The van der Waals surface area contributed by atoms with Crippen molar-refractivity contribution < 1.29 is 34.2 Å². The number of aliphatic hydroxyl groups excluding tert-OH is 1. The van der Waals surface area contributed by atoms with E-state index in [1.807, 2.05) is 0 Å². The first-order valence-electron chi connectivity index (χ1n) is 11.0. The molecular formula is C21H41N2O6+. The van der Waals surface area contributed by atoms with Gasteiger partial charge in [0, 0.05) is 19.8 Å². The van der Waals surface area contributed by atoms with Crippen LogP contribution in [0.4, 0.5) is 0 Å². The van der Waals surface area contributed by atoms with Crippen LogP contribution < -0.4 is 5.32 Å². The molecule has 0 aliphatic heterocycles. The monoisotopic (exact) mass is 417 g/mol. The molecule has 0 saturated heterocycles. The number of carbonyl (C=O) groups excluding carboxylic acids is 1. The van der Waals surface area contributed by atoms with Crippen LogP contribution in [-0.2, 0) is 14.4 Å². The van der Waals surface area contributed by atoms with E-state index in [1.54, 1.807) is 6.92 Å². The van der Waals surface area contributed by atoms with Crippen LogP contribution in [0.1, 0.15) is 91.4 Å². The van der Waals surface area contributed by atoms with Crippen LogP contribution >= 0.6 is 0 Å². The normalized spacial score (nSPS) is 13.7. The van der Waals surface area contributed by atoms with Crippen LogP contribution in [0.5, 0.6) is 0 Å². The molecule has 0 aromatic carbocycles. The number of aliphatic carboxylic acids is 2. The highest BCUT2D eigenvalue weighted by atomic mass is 16.4. The number of carboxylic acid groups (broad SMARTS) is 2. The highest BCUT2D eigenvalue weighted by molar-refractivity contribution is 5.76. The van der Waals surface area contributed by atoms with Crippen molar-refractivity contribution in [2.24, 2.45) is 0 Å². The first-order chi connectivity index (χ1) is 13.7. The smallest absolute Gasteiger partial charge is 0.359 e. The van der Waals surface area contributed by atoms with Crippen LogP contribution in [-0.4, -0.2) is 63.1 Å². The van der Waals surface area contributed by atoms with Gasteiger partial charge in [0.2, 0.25) is 5.91 Å². The van der Waals surface area contributed by atoms with Crippen molar-refractivity contribution in [1.82, 2.24) is 5.32 Å². The first-order valence-corrected chi connectivity index (χ1v) is 11.0. The number of carboxylic acids is 2. The predicted octanol–water partition coefficient (Wildman–Crippen LogP) is 3.08. The summed E-state index contributed by atoms with van der Waals surface area (Å²) in [5, 5.41) is 31.5. The second kappa shape index (κ2) is 15.2. The van der Waals surface area contributed by atoms with Gasteiger partial charge in [0.15, 0.2) is 25.5 Å². The zero-order valence-electron chi connectivity index (χ0n) is 18.4. The quantitative estimate of drug-likeness (QED) is 0.154. The van der Waals surface area contributed by atoms with Crippen LogP contribution in [0.2, 0.25) is 0 Å².